The van der Waals surface area contributed by atoms with Gasteiger partial charge in [0.2, 0.25) is 0 Å². The van der Waals surface area contributed by atoms with Crippen LogP contribution in [0, 0.1) is 0 Å². The molecule has 0 fully saturated rings. The number of para-hydroxylation sites is 1. The molecule has 1 aromatic heterocycles. The van der Waals surface area contributed by atoms with Crippen LogP contribution in [0.25, 0.3) is 11.0 Å². The van der Waals surface area contributed by atoms with Crippen LogP contribution in [0.4, 0.5) is 0 Å². The third-order valence-electron chi connectivity index (χ3n) is 1.81. The highest BCUT2D eigenvalue weighted by atomic mass is 35.5. The fourth-order valence-electron chi connectivity index (χ4n) is 1.16. The number of carboxylic acid groups (broad SMARTS) is 1. The van der Waals surface area contributed by atoms with Crippen LogP contribution in [0.3, 0.4) is 0 Å². The maximum absolute atomic E-state index is 10.7. The van der Waals surface area contributed by atoms with Crippen LogP contribution in [0.15, 0.2) is 18.2 Å². The molecule has 0 spiro atoms. The Balaban J connectivity index is 2.83. The molecule has 0 radical (unpaired) electrons. The van der Waals surface area contributed by atoms with E-state index in [2.05, 4.69) is 9.97 Å². The highest BCUT2D eigenvalue weighted by molar-refractivity contribution is 6.35. The molecule has 0 atom stereocenters. The van der Waals surface area contributed by atoms with E-state index >= 15 is 0 Å². The number of halogens is 2. The van der Waals surface area contributed by atoms with E-state index in [1.54, 1.807) is 18.2 Å². The molecule has 1 heterocycles. The summed E-state index contributed by atoms with van der Waals surface area (Å²) in [6.07, 6.45) is 0. The van der Waals surface area contributed by atoms with Crippen molar-refractivity contribution in [2.75, 3.05) is 0 Å². The molecule has 4 nitrogen and oxygen atoms in total. The van der Waals surface area contributed by atoms with Gasteiger partial charge in [0, 0.05) is 0 Å². The highest BCUT2D eigenvalue weighted by Crippen LogP contribution is 2.23. The van der Waals surface area contributed by atoms with Crippen LogP contribution in [0.1, 0.15) is 10.5 Å². The topological polar surface area (TPSA) is 63.1 Å². The minimum absolute atomic E-state index is 0.141. The zero-order chi connectivity index (χ0) is 11.0. The van der Waals surface area contributed by atoms with Crippen LogP contribution in [-0.4, -0.2) is 21.0 Å². The lowest BCUT2D eigenvalue weighted by molar-refractivity contribution is 0.0690. The van der Waals surface area contributed by atoms with Crippen LogP contribution in [0.2, 0.25) is 10.2 Å². The van der Waals surface area contributed by atoms with Gasteiger partial charge in [-0.15, -0.1) is 0 Å². The second-order valence-electron chi connectivity index (χ2n) is 2.78. The summed E-state index contributed by atoms with van der Waals surface area (Å²) in [7, 11) is 0. The van der Waals surface area contributed by atoms with Gasteiger partial charge >= 0.3 is 5.97 Å². The van der Waals surface area contributed by atoms with Gasteiger partial charge < -0.3 is 5.11 Å². The zero-order valence-electron chi connectivity index (χ0n) is 7.24. The number of carbonyl (C=O) groups is 1. The van der Waals surface area contributed by atoms with Gasteiger partial charge in [-0.3, -0.25) is 0 Å². The number of carboxylic acids is 1. The Hall–Kier alpha value is -1.39. The number of fused-ring (bicyclic) bond motifs is 1. The number of hydrogen-bond donors (Lipinski definition) is 1. The molecule has 1 aromatic carbocycles. The number of aromatic nitrogens is 2. The van der Waals surface area contributed by atoms with Crippen LogP contribution >= 0.6 is 23.2 Å². The van der Waals surface area contributed by atoms with Crippen molar-refractivity contribution in [1.82, 2.24) is 9.97 Å². The van der Waals surface area contributed by atoms with E-state index in [4.69, 9.17) is 28.3 Å². The van der Waals surface area contributed by atoms with E-state index < -0.39 is 5.97 Å². The van der Waals surface area contributed by atoms with Crippen LogP contribution in [0.5, 0.6) is 0 Å². The SMILES string of the molecule is O=C(O)c1nc2c(Cl)cccc2nc1Cl. The summed E-state index contributed by atoms with van der Waals surface area (Å²) in [6, 6.07) is 4.96. The van der Waals surface area contributed by atoms with Crippen molar-refractivity contribution in [2.45, 2.75) is 0 Å². The van der Waals surface area contributed by atoms with Gasteiger partial charge in [0.25, 0.3) is 0 Å². The van der Waals surface area contributed by atoms with Gasteiger partial charge in [-0.05, 0) is 12.1 Å². The predicted octanol–water partition coefficient (Wildman–Crippen LogP) is 2.63. The van der Waals surface area contributed by atoms with Gasteiger partial charge in [0.15, 0.2) is 10.8 Å². The van der Waals surface area contributed by atoms with Crippen molar-refractivity contribution in [3.8, 4) is 0 Å². The smallest absolute Gasteiger partial charge is 0.357 e. The Bertz CT molecular complexity index is 557. The molecule has 0 aliphatic rings. The van der Waals surface area contributed by atoms with E-state index in [0.717, 1.165) is 0 Å². The van der Waals surface area contributed by atoms with E-state index in [1.807, 2.05) is 0 Å². The summed E-state index contributed by atoms with van der Waals surface area (Å²) in [6.45, 7) is 0. The van der Waals surface area contributed by atoms with Gasteiger partial charge in [0.1, 0.15) is 5.52 Å². The summed E-state index contributed by atoms with van der Waals surface area (Å²) in [5.41, 5.74) is 0.510. The van der Waals surface area contributed by atoms with Crippen molar-refractivity contribution in [1.29, 1.82) is 0 Å². The van der Waals surface area contributed by atoms with Gasteiger partial charge in [-0.2, -0.15) is 0 Å². The first kappa shape index (κ1) is 10.1. The maximum Gasteiger partial charge on any atom is 0.357 e. The molecule has 0 aliphatic heterocycles. The molecule has 0 bridgehead atoms. The lowest BCUT2D eigenvalue weighted by Crippen LogP contribution is -2.03. The number of aromatic carboxylic acids is 1. The van der Waals surface area contributed by atoms with Gasteiger partial charge in [-0.25, -0.2) is 14.8 Å². The molecule has 76 valence electrons. The molecular formula is C9H4Cl2N2O2. The highest BCUT2D eigenvalue weighted by Gasteiger charge is 2.14. The molecule has 1 N–H and O–H groups in total. The molecule has 0 saturated carbocycles. The molecule has 2 aromatic rings. The molecular weight excluding hydrogens is 239 g/mol. The van der Waals surface area contributed by atoms with Crippen LogP contribution < -0.4 is 0 Å². The van der Waals surface area contributed by atoms with E-state index in [-0.39, 0.29) is 10.8 Å². The molecule has 0 unspecified atom stereocenters. The minimum atomic E-state index is -1.23. The molecule has 2 rings (SSSR count). The average molecular weight is 243 g/mol. The summed E-state index contributed by atoms with van der Waals surface area (Å²) in [5.74, 6) is -1.23. The molecule has 0 aliphatic carbocycles. The summed E-state index contributed by atoms with van der Waals surface area (Å²) in [4.78, 5) is 18.5. The number of benzene rings is 1. The number of nitrogens with zero attached hydrogens (tertiary/aromatic N) is 2. The number of hydrogen-bond acceptors (Lipinski definition) is 3. The normalized spacial score (nSPS) is 10.5. The van der Waals surface area contributed by atoms with Gasteiger partial charge in [0.05, 0.1) is 10.5 Å². The van der Waals surface area contributed by atoms with Crippen molar-refractivity contribution in [3.05, 3.63) is 34.1 Å². The largest absolute Gasteiger partial charge is 0.476 e. The first-order chi connectivity index (χ1) is 7.09. The minimum Gasteiger partial charge on any atom is -0.476 e. The Morgan fingerprint density at radius 2 is 2.00 bits per heavy atom. The Morgan fingerprint density at radius 1 is 1.27 bits per heavy atom. The van der Waals surface area contributed by atoms with E-state index in [1.165, 1.54) is 0 Å². The van der Waals surface area contributed by atoms with Crippen molar-refractivity contribution in [2.24, 2.45) is 0 Å². The van der Waals surface area contributed by atoms with Crippen molar-refractivity contribution in [3.63, 3.8) is 0 Å². The third kappa shape index (κ3) is 1.73. The molecule has 6 heteroatoms. The summed E-state index contributed by atoms with van der Waals surface area (Å²) >= 11 is 11.5. The Labute approximate surface area is 94.5 Å². The molecule has 15 heavy (non-hydrogen) atoms. The lowest BCUT2D eigenvalue weighted by atomic mass is 10.3. The Kier molecular flexibility index (Phi) is 2.46. The second-order valence-corrected chi connectivity index (χ2v) is 3.54. The van der Waals surface area contributed by atoms with E-state index in [0.29, 0.717) is 16.1 Å². The lowest BCUT2D eigenvalue weighted by Gasteiger charge is -2.02. The summed E-state index contributed by atoms with van der Waals surface area (Å²) in [5, 5.41) is 8.99. The first-order valence-corrected chi connectivity index (χ1v) is 4.70. The van der Waals surface area contributed by atoms with Crippen molar-refractivity contribution < 1.29 is 9.90 Å². The quantitative estimate of drug-likeness (QED) is 0.836. The number of rotatable bonds is 1. The molecule has 0 saturated heterocycles. The summed E-state index contributed by atoms with van der Waals surface area (Å²) < 4.78 is 0. The average Bonchev–Trinajstić information content (AvgIpc) is 2.16. The third-order valence-corrected chi connectivity index (χ3v) is 2.37. The second kappa shape index (κ2) is 3.64. The fourth-order valence-corrected chi connectivity index (χ4v) is 1.58. The van der Waals surface area contributed by atoms with Gasteiger partial charge in [-0.1, -0.05) is 29.3 Å². The monoisotopic (exact) mass is 242 g/mol. The zero-order valence-corrected chi connectivity index (χ0v) is 8.75. The van der Waals surface area contributed by atoms with Crippen LogP contribution in [-0.2, 0) is 0 Å². The predicted molar refractivity (Wildman–Crippen MR) is 56.5 cm³/mol. The van der Waals surface area contributed by atoms with E-state index in [9.17, 15) is 4.79 Å². The standard InChI is InChI=1S/C9H4Cl2N2O2/c10-4-2-1-3-5-6(4)13-7(9(14)15)8(11)12-5/h1-3H,(H,14,15). The van der Waals surface area contributed by atoms with Crippen molar-refractivity contribution >= 4 is 40.2 Å². The fraction of sp³-hybridized carbons (Fsp3) is 0. The Morgan fingerprint density at radius 3 is 2.67 bits per heavy atom. The first-order valence-electron chi connectivity index (χ1n) is 3.94. The molecule has 0 amide bonds. The maximum atomic E-state index is 10.7.